The fraction of sp³-hybridized carbons (Fsp3) is 0.250. The van der Waals surface area contributed by atoms with Crippen LogP contribution < -0.4 is 4.74 Å². The largest absolute Gasteiger partial charge is 0.494 e. The molecule has 0 amide bonds. The predicted octanol–water partition coefficient (Wildman–Crippen LogP) is 4.65. The highest BCUT2D eigenvalue weighted by Crippen LogP contribution is 2.28. The number of nitro groups is 1. The van der Waals surface area contributed by atoms with E-state index in [1.165, 1.54) is 17.7 Å². The Morgan fingerprint density at radius 3 is 2.52 bits per heavy atom. The minimum absolute atomic E-state index is 0.0989. The summed E-state index contributed by atoms with van der Waals surface area (Å²) in [7, 11) is 0. The molecule has 0 saturated carbocycles. The highest BCUT2D eigenvalue weighted by molar-refractivity contribution is 6.32. The van der Waals surface area contributed by atoms with Gasteiger partial charge in [0, 0.05) is 12.1 Å². The fourth-order valence-corrected chi connectivity index (χ4v) is 2.23. The number of halogens is 1. The van der Waals surface area contributed by atoms with E-state index in [0.29, 0.717) is 12.4 Å². The monoisotopic (exact) mass is 305 g/mol. The van der Waals surface area contributed by atoms with Crippen LogP contribution in [0.3, 0.4) is 0 Å². The molecule has 4 nitrogen and oxygen atoms in total. The van der Waals surface area contributed by atoms with Crippen molar-refractivity contribution in [1.82, 2.24) is 0 Å². The lowest BCUT2D eigenvalue weighted by atomic mass is 10.1. The molecule has 0 fully saturated rings. The van der Waals surface area contributed by atoms with Crippen molar-refractivity contribution in [1.29, 1.82) is 0 Å². The van der Waals surface area contributed by atoms with Crippen molar-refractivity contribution in [3.05, 3.63) is 69.2 Å². The molecule has 0 aliphatic heterocycles. The zero-order valence-electron chi connectivity index (χ0n) is 11.5. The van der Waals surface area contributed by atoms with Gasteiger partial charge < -0.3 is 4.74 Å². The number of nitrogens with zero attached hydrogens (tertiary/aromatic N) is 1. The van der Waals surface area contributed by atoms with Gasteiger partial charge in [-0.1, -0.05) is 41.9 Å². The van der Waals surface area contributed by atoms with E-state index >= 15 is 0 Å². The van der Waals surface area contributed by atoms with Gasteiger partial charge in [-0.2, -0.15) is 0 Å². The van der Waals surface area contributed by atoms with Crippen molar-refractivity contribution >= 4 is 17.3 Å². The summed E-state index contributed by atoms with van der Waals surface area (Å²) < 4.78 is 5.55. The Kier molecular flexibility index (Phi) is 5.58. The van der Waals surface area contributed by atoms with Crippen molar-refractivity contribution < 1.29 is 9.66 Å². The van der Waals surface area contributed by atoms with Gasteiger partial charge in [0.1, 0.15) is 10.8 Å². The molecule has 0 aromatic heterocycles. The molecule has 0 atom stereocenters. The molecule has 0 spiro atoms. The summed E-state index contributed by atoms with van der Waals surface area (Å²) in [5, 5.41) is 10.7. The van der Waals surface area contributed by atoms with Gasteiger partial charge in [0.25, 0.3) is 5.69 Å². The third kappa shape index (κ3) is 4.76. The molecule has 2 aromatic rings. The summed E-state index contributed by atoms with van der Waals surface area (Å²) >= 11 is 5.82. The third-order valence-electron chi connectivity index (χ3n) is 3.09. The van der Waals surface area contributed by atoms with Crippen LogP contribution in [0.25, 0.3) is 0 Å². The summed E-state index contributed by atoms with van der Waals surface area (Å²) in [5.41, 5.74) is 1.21. The fourth-order valence-electron chi connectivity index (χ4n) is 1.99. The van der Waals surface area contributed by atoms with Gasteiger partial charge in [-0.05, 0) is 30.9 Å². The summed E-state index contributed by atoms with van der Waals surface area (Å²) in [6, 6.07) is 14.7. The lowest BCUT2D eigenvalue weighted by Gasteiger charge is -2.06. The van der Waals surface area contributed by atoms with Crippen LogP contribution in [0.1, 0.15) is 18.4 Å². The molecule has 0 radical (unpaired) electrons. The standard InChI is InChI=1S/C16H16ClNO3/c17-15-12-14(9-10-16(15)18(19)20)21-11-5-4-8-13-6-2-1-3-7-13/h1-3,6-7,9-10,12H,4-5,8,11H2. The number of ether oxygens (including phenoxy) is 1. The number of unbranched alkanes of at least 4 members (excludes halogenated alkanes) is 1. The Morgan fingerprint density at radius 2 is 1.86 bits per heavy atom. The maximum absolute atomic E-state index is 10.6. The van der Waals surface area contributed by atoms with Crippen molar-refractivity contribution in [3.8, 4) is 5.75 Å². The summed E-state index contributed by atoms with van der Waals surface area (Å²) in [6.45, 7) is 0.570. The van der Waals surface area contributed by atoms with Crippen LogP contribution in [-0.4, -0.2) is 11.5 Å². The summed E-state index contributed by atoms with van der Waals surface area (Å²) in [6.07, 6.45) is 2.97. The number of hydrogen-bond donors (Lipinski definition) is 0. The number of benzene rings is 2. The first-order valence-corrected chi connectivity index (χ1v) is 7.15. The number of rotatable bonds is 7. The molecule has 0 saturated heterocycles. The molecular weight excluding hydrogens is 290 g/mol. The van der Waals surface area contributed by atoms with Crippen LogP contribution in [0.4, 0.5) is 5.69 Å². The van der Waals surface area contributed by atoms with Crippen LogP contribution in [0.2, 0.25) is 5.02 Å². The van der Waals surface area contributed by atoms with Gasteiger partial charge in [0.05, 0.1) is 11.5 Å². The van der Waals surface area contributed by atoms with Crippen LogP contribution in [0.5, 0.6) is 5.75 Å². The van der Waals surface area contributed by atoms with E-state index in [2.05, 4.69) is 12.1 Å². The molecule has 0 aliphatic rings. The lowest BCUT2D eigenvalue weighted by molar-refractivity contribution is -0.384. The van der Waals surface area contributed by atoms with E-state index in [1.54, 1.807) is 6.07 Å². The van der Waals surface area contributed by atoms with Crippen molar-refractivity contribution in [3.63, 3.8) is 0 Å². The molecule has 5 heteroatoms. The molecule has 2 aromatic carbocycles. The minimum Gasteiger partial charge on any atom is -0.494 e. The molecule has 0 heterocycles. The van der Waals surface area contributed by atoms with E-state index in [-0.39, 0.29) is 10.7 Å². The first-order chi connectivity index (χ1) is 10.2. The maximum atomic E-state index is 10.6. The second-order valence-corrected chi connectivity index (χ2v) is 5.07. The van der Waals surface area contributed by atoms with Gasteiger partial charge in [-0.25, -0.2) is 0 Å². The van der Waals surface area contributed by atoms with Crippen LogP contribution in [0.15, 0.2) is 48.5 Å². The summed E-state index contributed by atoms with van der Waals surface area (Å²) in [4.78, 5) is 10.1. The number of aryl methyl sites for hydroxylation is 1. The van der Waals surface area contributed by atoms with E-state index in [9.17, 15) is 10.1 Å². The van der Waals surface area contributed by atoms with E-state index in [0.717, 1.165) is 19.3 Å². The Bertz CT molecular complexity index is 602. The zero-order chi connectivity index (χ0) is 15.1. The molecule has 110 valence electrons. The van der Waals surface area contributed by atoms with Crippen molar-refractivity contribution in [2.45, 2.75) is 19.3 Å². The van der Waals surface area contributed by atoms with Gasteiger partial charge in [0.2, 0.25) is 0 Å². The molecule has 0 bridgehead atoms. The smallest absolute Gasteiger partial charge is 0.288 e. The van der Waals surface area contributed by atoms with Crippen LogP contribution >= 0.6 is 11.6 Å². The number of hydrogen-bond acceptors (Lipinski definition) is 3. The lowest BCUT2D eigenvalue weighted by Crippen LogP contribution is -1.99. The van der Waals surface area contributed by atoms with E-state index in [4.69, 9.17) is 16.3 Å². The Hall–Kier alpha value is -2.07. The van der Waals surface area contributed by atoms with Crippen molar-refractivity contribution in [2.24, 2.45) is 0 Å². The van der Waals surface area contributed by atoms with Gasteiger partial charge in [-0.3, -0.25) is 10.1 Å². The number of nitro benzene ring substituents is 1. The molecular formula is C16H16ClNO3. The normalized spacial score (nSPS) is 10.3. The zero-order valence-corrected chi connectivity index (χ0v) is 12.3. The Balaban J connectivity index is 1.74. The Labute approximate surface area is 128 Å². The SMILES string of the molecule is O=[N+]([O-])c1ccc(OCCCCc2ccccc2)cc1Cl. The second-order valence-electron chi connectivity index (χ2n) is 4.66. The highest BCUT2D eigenvalue weighted by atomic mass is 35.5. The van der Waals surface area contributed by atoms with Crippen LogP contribution in [-0.2, 0) is 6.42 Å². The quantitative estimate of drug-likeness (QED) is 0.425. The first kappa shape index (κ1) is 15.3. The van der Waals surface area contributed by atoms with Gasteiger partial charge in [-0.15, -0.1) is 0 Å². The van der Waals surface area contributed by atoms with Gasteiger partial charge in [0.15, 0.2) is 0 Å². The van der Waals surface area contributed by atoms with E-state index in [1.807, 2.05) is 18.2 Å². The third-order valence-corrected chi connectivity index (χ3v) is 3.39. The van der Waals surface area contributed by atoms with E-state index < -0.39 is 4.92 Å². The summed E-state index contributed by atoms with van der Waals surface area (Å²) in [5.74, 6) is 0.560. The van der Waals surface area contributed by atoms with Crippen LogP contribution in [0, 0.1) is 10.1 Å². The van der Waals surface area contributed by atoms with Gasteiger partial charge >= 0.3 is 0 Å². The average Bonchev–Trinajstić information content (AvgIpc) is 2.47. The highest BCUT2D eigenvalue weighted by Gasteiger charge is 2.12. The predicted molar refractivity (Wildman–Crippen MR) is 83.0 cm³/mol. The average molecular weight is 306 g/mol. The first-order valence-electron chi connectivity index (χ1n) is 6.77. The molecule has 0 unspecified atom stereocenters. The Morgan fingerprint density at radius 1 is 1.10 bits per heavy atom. The minimum atomic E-state index is -0.508. The maximum Gasteiger partial charge on any atom is 0.288 e. The molecule has 0 N–H and O–H groups in total. The molecule has 2 rings (SSSR count). The molecule has 0 aliphatic carbocycles. The topological polar surface area (TPSA) is 52.4 Å². The van der Waals surface area contributed by atoms with Crippen molar-refractivity contribution in [2.75, 3.05) is 6.61 Å². The molecule has 21 heavy (non-hydrogen) atoms. The second kappa shape index (κ2) is 7.64.